The highest BCUT2D eigenvalue weighted by Gasteiger charge is 2.12. The molecule has 0 saturated heterocycles. The fourth-order valence-electron chi connectivity index (χ4n) is 2.04. The molecule has 26 heavy (non-hydrogen) atoms. The lowest BCUT2D eigenvalue weighted by Gasteiger charge is -2.08. The van der Waals surface area contributed by atoms with Gasteiger partial charge in [-0.3, -0.25) is 9.97 Å². The first-order valence-corrected chi connectivity index (χ1v) is 9.26. The molecular formula is C16H17N7O2S. The molecule has 0 unspecified atom stereocenters. The Morgan fingerprint density at radius 1 is 0.846 bits per heavy atom. The molecule has 0 aliphatic rings. The van der Waals surface area contributed by atoms with E-state index in [4.69, 9.17) is 0 Å². The molecule has 0 saturated carbocycles. The Morgan fingerprint density at radius 3 is 2.23 bits per heavy atom. The predicted molar refractivity (Wildman–Crippen MR) is 97.5 cm³/mol. The molecule has 3 rings (SSSR count). The van der Waals surface area contributed by atoms with Crippen molar-refractivity contribution < 1.29 is 8.42 Å². The second kappa shape index (κ2) is 8.32. The third kappa shape index (κ3) is 4.94. The number of nitrogens with one attached hydrogen (secondary N) is 3. The van der Waals surface area contributed by atoms with E-state index < -0.39 is 10.0 Å². The second-order valence-corrected chi connectivity index (χ2v) is 6.95. The Morgan fingerprint density at radius 2 is 1.58 bits per heavy atom. The molecule has 0 amide bonds. The van der Waals surface area contributed by atoms with Gasteiger partial charge in [-0.05, 0) is 36.4 Å². The van der Waals surface area contributed by atoms with Crippen LogP contribution >= 0.6 is 0 Å². The average molecular weight is 371 g/mol. The number of hydrogen-bond acceptors (Lipinski definition) is 8. The van der Waals surface area contributed by atoms with Crippen LogP contribution in [0.15, 0.2) is 66.1 Å². The van der Waals surface area contributed by atoms with Crippen molar-refractivity contribution in [2.45, 2.75) is 4.90 Å². The lowest BCUT2D eigenvalue weighted by atomic mass is 10.4. The first-order valence-electron chi connectivity index (χ1n) is 7.78. The summed E-state index contributed by atoms with van der Waals surface area (Å²) in [5.74, 6) is 1.13. The minimum absolute atomic E-state index is 0.130. The quantitative estimate of drug-likeness (QED) is 0.508. The summed E-state index contributed by atoms with van der Waals surface area (Å²) in [5.41, 5.74) is 0.812. The molecule has 0 radical (unpaired) electrons. The zero-order chi connectivity index (χ0) is 18.2. The maximum absolute atomic E-state index is 12.0. The largest absolute Gasteiger partial charge is 0.367 e. The van der Waals surface area contributed by atoms with E-state index >= 15 is 0 Å². The summed E-state index contributed by atoms with van der Waals surface area (Å²) < 4.78 is 26.6. The van der Waals surface area contributed by atoms with Crippen LogP contribution in [-0.4, -0.2) is 41.7 Å². The van der Waals surface area contributed by atoms with Crippen molar-refractivity contribution in [3.63, 3.8) is 0 Å². The molecule has 0 aromatic carbocycles. The monoisotopic (exact) mass is 371 g/mol. The lowest BCUT2D eigenvalue weighted by Crippen LogP contribution is -2.29. The SMILES string of the molecule is O=S(=O)(NCCNc1ccc(Nc2cccnc2)nn1)c1cccnc1. The van der Waals surface area contributed by atoms with Gasteiger partial charge in [0.05, 0.1) is 11.9 Å². The van der Waals surface area contributed by atoms with E-state index in [0.717, 1.165) is 5.69 Å². The molecule has 0 bridgehead atoms. The summed E-state index contributed by atoms with van der Waals surface area (Å²) in [6, 6.07) is 10.3. The highest BCUT2D eigenvalue weighted by Crippen LogP contribution is 2.12. The van der Waals surface area contributed by atoms with Crippen molar-refractivity contribution in [3.8, 4) is 0 Å². The molecule has 0 aliphatic heterocycles. The predicted octanol–water partition coefficient (Wildman–Crippen LogP) is 1.40. The van der Waals surface area contributed by atoms with Gasteiger partial charge >= 0.3 is 0 Å². The summed E-state index contributed by atoms with van der Waals surface area (Å²) in [5, 5.41) is 14.2. The molecule has 3 heterocycles. The molecule has 0 fully saturated rings. The minimum Gasteiger partial charge on any atom is -0.367 e. The van der Waals surface area contributed by atoms with E-state index in [-0.39, 0.29) is 11.4 Å². The van der Waals surface area contributed by atoms with Gasteiger partial charge in [0, 0.05) is 31.7 Å². The Labute approximate surface area is 151 Å². The third-order valence-electron chi connectivity index (χ3n) is 3.27. The first kappa shape index (κ1) is 17.7. The van der Waals surface area contributed by atoms with Crippen molar-refractivity contribution in [3.05, 3.63) is 61.2 Å². The highest BCUT2D eigenvalue weighted by atomic mass is 32.2. The van der Waals surface area contributed by atoms with Crippen molar-refractivity contribution in [2.24, 2.45) is 0 Å². The molecule has 0 atom stereocenters. The number of hydrogen-bond donors (Lipinski definition) is 3. The second-order valence-electron chi connectivity index (χ2n) is 5.18. The maximum Gasteiger partial charge on any atom is 0.242 e. The number of anilines is 3. The van der Waals surface area contributed by atoms with Crippen LogP contribution in [-0.2, 0) is 10.0 Å². The normalized spacial score (nSPS) is 11.1. The summed E-state index contributed by atoms with van der Waals surface area (Å²) in [6.07, 6.45) is 6.19. The molecule has 3 N–H and O–H groups in total. The molecule has 134 valence electrons. The van der Waals surface area contributed by atoms with Crippen molar-refractivity contribution in [1.29, 1.82) is 0 Å². The summed E-state index contributed by atoms with van der Waals surface area (Å²) in [7, 11) is -3.56. The van der Waals surface area contributed by atoms with Crippen molar-refractivity contribution >= 4 is 27.3 Å². The van der Waals surface area contributed by atoms with Crippen LogP contribution in [0.3, 0.4) is 0 Å². The lowest BCUT2D eigenvalue weighted by molar-refractivity contribution is 0.582. The van der Waals surface area contributed by atoms with Gasteiger partial charge in [0.1, 0.15) is 10.7 Å². The Bertz CT molecular complexity index is 920. The van der Waals surface area contributed by atoms with E-state index in [1.54, 1.807) is 30.6 Å². The van der Waals surface area contributed by atoms with Crippen LogP contribution < -0.4 is 15.4 Å². The summed E-state index contributed by atoms with van der Waals surface area (Å²) in [6.45, 7) is 0.568. The fraction of sp³-hybridized carbons (Fsp3) is 0.125. The van der Waals surface area contributed by atoms with Crippen molar-refractivity contribution in [2.75, 3.05) is 23.7 Å². The zero-order valence-electron chi connectivity index (χ0n) is 13.7. The van der Waals surface area contributed by atoms with Gasteiger partial charge in [0.25, 0.3) is 0 Å². The molecule has 10 heteroatoms. The molecule has 3 aromatic rings. The maximum atomic E-state index is 12.0. The van der Waals surface area contributed by atoms with E-state index in [2.05, 4.69) is 35.5 Å². The standard InChI is InChI=1S/C16H17N7O2S/c24-26(25,14-4-2-8-18-12-14)20-10-9-19-15-5-6-16(23-22-15)21-13-3-1-7-17-11-13/h1-8,11-12,20H,9-10H2,(H,19,22)(H,21,23). The van der Waals surface area contributed by atoms with E-state index in [1.807, 2.05) is 12.1 Å². The van der Waals surface area contributed by atoms with Gasteiger partial charge in [0.15, 0.2) is 5.82 Å². The van der Waals surface area contributed by atoms with Crippen LogP contribution in [0, 0.1) is 0 Å². The first-order chi connectivity index (χ1) is 12.6. The molecular weight excluding hydrogens is 354 g/mol. The topological polar surface area (TPSA) is 122 Å². The molecule has 9 nitrogen and oxygen atoms in total. The van der Waals surface area contributed by atoms with Crippen LogP contribution in [0.4, 0.5) is 17.3 Å². The summed E-state index contributed by atoms with van der Waals surface area (Å²) in [4.78, 5) is 7.94. The van der Waals surface area contributed by atoms with Gasteiger partial charge in [-0.2, -0.15) is 0 Å². The zero-order valence-corrected chi connectivity index (χ0v) is 14.5. The molecule has 3 aromatic heterocycles. The Hall–Kier alpha value is -3.11. The fourth-order valence-corrected chi connectivity index (χ4v) is 3.04. The van der Waals surface area contributed by atoms with Crippen LogP contribution in [0.1, 0.15) is 0 Å². The van der Waals surface area contributed by atoms with E-state index in [0.29, 0.717) is 18.2 Å². The van der Waals surface area contributed by atoms with Crippen molar-refractivity contribution in [1.82, 2.24) is 24.9 Å². The van der Waals surface area contributed by atoms with Gasteiger partial charge in [-0.15, -0.1) is 10.2 Å². The third-order valence-corrected chi connectivity index (χ3v) is 4.71. The van der Waals surface area contributed by atoms with E-state index in [1.165, 1.54) is 18.5 Å². The van der Waals surface area contributed by atoms with Gasteiger partial charge < -0.3 is 10.6 Å². The van der Waals surface area contributed by atoms with Crippen LogP contribution in [0.5, 0.6) is 0 Å². The number of pyridine rings is 2. The Kier molecular flexibility index (Phi) is 5.66. The van der Waals surface area contributed by atoms with E-state index in [9.17, 15) is 8.42 Å². The van der Waals surface area contributed by atoms with Gasteiger partial charge in [-0.25, -0.2) is 13.1 Å². The van der Waals surface area contributed by atoms with Gasteiger partial charge in [-0.1, -0.05) is 0 Å². The van der Waals surface area contributed by atoms with Gasteiger partial charge in [0.2, 0.25) is 10.0 Å². The Balaban J connectivity index is 1.47. The highest BCUT2D eigenvalue weighted by molar-refractivity contribution is 7.89. The van der Waals surface area contributed by atoms with Crippen LogP contribution in [0.25, 0.3) is 0 Å². The summed E-state index contributed by atoms with van der Waals surface area (Å²) >= 11 is 0. The number of nitrogens with zero attached hydrogens (tertiary/aromatic N) is 4. The average Bonchev–Trinajstić information content (AvgIpc) is 2.68. The number of sulfonamides is 1. The number of aromatic nitrogens is 4. The van der Waals surface area contributed by atoms with Crippen LogP contribution in [0.2, 0.25) is 0 Å². The smallest absolute Gasteiger partial charge is 0.242 e. The molecule has 0 aliphatic carbocycles. The molecule has 0 spiro atoms. The minimum atomic E-state index is -3.56. The number of rotatable bonds is 8.